The maximum atomic E-state index is 11.4. The third kappa shape index (κ3) is 2.34. The summed E-state index contributed by atoms with van der Waals surface area (Å²) in [5.41, 5.74) is 0.516. The highest BCUT2D eigenvalue weighted by Crippen LogP contribution is 1.96. The summed E-state index contributed by atoms with van der Waals surface area (Å²) < 4.78 is 0. The van der Waals surface area contributed by atoms with Gasteiger partial charge in [-0.2, -0.15) is 0 Å². The molecule has 0 unspecified atom stereocenters. The molecule has 1 aromatic carbocycles. The van der Waals surface area contributed by atoms with Crippen LogP contribution in [-0.2, 0) is 0 Å². The van der Waals surface area contributed by atoms with E-state index < -0.39 is 7.12 Å². The van der Waals surface area contributed by atoms with Gasteiger partial charge in [0.15, 0.2) is 0 Å². The minimum atomic E-state index is -1.62. The third-order valence-corrected chi connectivity index (χ3v) is 1.82. The highest BCUT2D eigenvalue weighted by molar-refractivity contribution is 6.60. The van der Waals surface area contributed by atoms with Crippen LogP contribution in [0.1, 0.15) is 17.3 Å². The van der Waals surface area contributed by atoms with Gasteiger partial charge in [-0.15, -0.1) is 0 Å². The van der Waals surface area contributed by atoms with Gasteiger partial charge in [-0.3, -0.25) is 4.79 Å². The average Bonchev–Trinajstić information content (AvgIpc) is 2.18. The fourth-order valence-electron chi connectivity index (χ4n) is 1.18. The van der Waals surface area contributed by atoms with Crippen LogP contribution in [0.3, 0.4) is 0 Å². The van der Waals surface area contributed by atoms with Gasteiger partial charge in [-0.05, 0) is 18.5 Å². The molecule has 0 atom stereocenters. The SMILES string of the molecule is CCNC(=O)c1ccccc1B(O)O. The molecule has 14 heavy (non-hydrogen) atoms. The van der Waals surface area contributed by atoms with E-state index in [1.165, 1.54) is 6.07 Å². The molecule has 1 amide bonds. The van der Waals surface area contributed by atoms with Crippen molar-refractivity contribution < 1.29 is 14.8 Å². The molecule has 0 radical (unpaired) electrons. The number of hydrogen-bond acceptors (Lipinski definition) is 3. The Morgan fingerprint density at radius 3 is 2.64 bits per heavy atom. The van der Waals surface area contributed by atoms with E-state index in [4.69, 9.17) is 10.0 Å². The van der Waals surface area contributed by atoms with E-state index in [0.29, 0.717) is 12.1 Å². The zero-order valence-electron chi connectivity index (χ0n) is 7.90. The molecule has 0 fully saturated rings. The second kappa shape index (κ2) is 4.78. The molecule has 1 rings (SSSR count). The molecule has 1 aromatic rings. The van der Waals surface area contributed by atoms with Gasteiger partial charge < -0.3 is 15.4 Å². The normalized spacial score (nSPS) is 9.64. The zero-order valence-corrected chi connectivity index (χ0v) is 7.90. The standard InChI is InChI=1S/C9H12BNO3/c1-2-11-9(12)7-5-3-4-6-8(7)10(13)14/h3-6,13-14H,2H2,1H3,(H,11,12). The summed E-state index contributed by atoms with van der Waals surface area (Å²) in [6, 6.07) is 6.39. The molecule has 4 nitrogen and oxygen atoms in total. The van der Waals surface area contributed by atoms with Crippen molar-refractivity contribution in [3.63, 3.8) is 0 Å². The Labute approximate surface area is 82.7 Å². The predicted octanol–water partition coefficient (Wildman–Crippen LogP) is -0.884. The smallest absolute Gasteiger partial charge is 0.423 e. The van der Waals surface area contributed by atoms with Crippen molar-refractivity contribution in [2.75, 3.05) is 6.54 Å². The lowest BCUT2D eigenvalue weighted by atomic mass is 9.77. The highest BCUT2D eigenvalue weighted by atomic mass is 16.4. The first-order valence-corrected chi connectivity index (χ1v) is 4.40. The van der Waals surface area contributed by atoms with E-state index in [1.807, 2.05) is 0 Å². The van der Waals surface area contributed by atoms with Gasteiger partial charge in [0.1, 0.15) is 0 Å². The summed E-state index contributed by atoms with van der Waals surface area (Å²) in [5.74, 6) is -0.295. The molecule has 3 N–H and O–H groups in total. The highest BCUT2D eigenvalue weighted by Gasteiger charge is 2.18. The molecule has 74 valence electrons. The van der Waals surface area contributed by atoms with E-state index in [0.717, 1.165) is 0 Å². The largest absolute Gasteiger partial charge is 0.489 e. The average molecular weight is 193 g/mol. The first-order chi connectivity index (χ1) is 6.66. The van der Waals surface area contributed by atoms with Crippen molar-refractivity contribution in [2.24, 2.45) is 0 Å². The lowest BCUT2D eigenvalue weighted by molar-refractivity contribution is 0.0956. The van der Waals surface area contributed by atoms with E-state index in [1.54, 1.807) is 25.1 Å². The van der Waals surface area contributed by atoms with Gasteiger partial charge in [0, 0.05) is 12.1 Å². The van der Waals surface area contributed by atoms with Crippen molar-refractivity contribution in [3.05, 3.63) is 29.8 Å². The van der Waals surface area contributed by atoms with Gasteiger partial charge in [-0.25, -0.2) is 0 Å². The van der Waals surface area contributed by atoms with Crippen LogP contribution in [0.15, 0.2) is 24.3 Å². The van der Waals surface area contributed by atoms with Gasteiger partial charge >= 0.3 is 7.12 Å². The quantitative estimate of drug-likeness (QED) is 0.545. The third-order valence-electron chi connectivity index (χ3n) is 1.82. The van der Waals surface area contributed by atoms with E-state index in [2.05, 4.69) is 5.32 Å². The van der Waals surface area contributed by atoms with Crippen LogP contribution >= 0.6 is 0 Å². The fraction of sp³-hybridized carbons (Fsp3) is 0.222. The second-order valence-electron chi connectivity index (χ2n) is 2.82. The van der Waals surface area contributed by atoms with Crippen molar-refractivity contribution in [2.45, 2.75) is 6.92 Å². The van der Waals surface area contributed by atoms with E-state index >= 15 is 0 Å². The Hall–Kier alpha value is -1.33. The minimum Gasteiger partial charge on any atom is -0.423 e. The molecule has 0 aliphatic carbocycles. The number of amides is 1. The summed E-state index contributed by atoms with van der Waals surface area (Å²) in [4.78, 5) is 11.4. The van der Waals surface area contributed by atoms with Crippen molar-refractivity contribution in [3.8, 4) is 0 Å². The maximum Gasteiger partial charge on any atom is 0.489 e. The molecule has 0 heterocycles. The number of hydrogen-bond donors (Lipinski definition) is 3. The van der Waals surface area contributed by atoms with Crippen molar-refractivity contribution >= 4 is 18.5 Å². The number of rotatable bonds is 3. The first kappa shape index (κ1) is 10.8. The number of benzene rings is 1. The van der Waals surface area contributed by atoms with Crippen LogP contribution in [-0.4, -0.2) is 29.6 Å². The van der Waals surface area contributed by atoms with Gasteiger partial charge in [0.05, 0.1) is 0 Å². The molecule has 5 heteroatoms. The summed E-state index contributed by atoms with van der Waals surface area (Å²) in [5, 5.41) is 20.6. The van der Waals surface area contributed by atoms with E-state index in [9.17, 15) is 4.79 Å². The summed E-state index contributed by atoms with van der Waals surface area (Å²) in [7, 11) is -1.62. The number of carbonyl (C=O) groups excluding carboxylic acids is 1. The van der Waals surface area contributed by atoms with Crippen LogP contribution in [0.5, 0.6) is 0 Å². The second-order valence-corrected chi connectivity index (χ2v) is 2.82. The molecule has 0 saturated carbocycles. The lowest BCUT2D eigenvalue weighted by Crippen LogP contribution is -2.38. The van der Waals surface area contributed by atoms with Crippen molar-refractivity contribution in [1.29, 1.82) is 0 Å². The zero-order chi connectivity index (χ0) is 10.6. The first-order valence-electron chi connectivity index (χ1n) is 4.40. The molecule has 0 spiro atoms. The van der Waals surface area contributed by atoms with Gasteiger partial charge in [0.25, 0.3) is 5.91 Å². The fourth-order valence-corrected chi connectivity index (χ4v) is 1.18. The molecular formula is C9H12BNO3. The van der Waals surface area contributed by atoms with Crippen LogP contribution in [0, 0.1) is 0 Å². The number of nitrogens with one attached hydrogen (secondary N) is 1. The Balaban J connectivity index is 3.00. The molecule has 0 aliphatic heterocycles. The molecule has 0 bridgehead atoms. The molecular weight excluding hydrogens is 181 g/mol. The predicted molar refractivity (Wildman–Crippen MR) is 54.3 cm³/mol. The van der Waals surface area contributed by atoms with Crippen LogP contribution < -0.4 is 10.8 Å². The monoisotopic (exact) mass is 193 g/mol. The summed E-state index contributed by atoms with van der Waals surface area (Å²) >= 11 is 0. The summed E-state index contributed by atoms with van der Waals surface area (Å²) in [6.45, 7) is 2.31. The van der Waals surface area contributed by atoms with Gasteiger partial charge in [-0.1, -0.05) is 18.2 Å². The van der Waals surface area contributed by atoms with Crippen LogP contribution in [0.25, 0.3) is 0 Å². The maximum absolute atomic E-state index is 11.4. The molecule has 0 aliphatic rings. The topological polar surface area (TPSA) is 69.6 Å². The Kier molecular flexibility index (Phi) is 3.68. The molecule has 0 aromatic heterocycles. The Morgan fingerprint density at radius 1 is 1.43 bits per heavy atom. The van der Waals surface area contributed by atoms with Crippen LogP contribution in [0.4, 0.5) is 0 Å². The Bertz CT molecular complexity index is 328. The van der Waals surface area contributed by atoms with Gasteiger partial charge in [0.2, 0.25) is 0 Å². The van der Waals surface area contributed by atoms with E-state index in [-0.39, 0.29) is 11.4 Å². The summed E-state index contributed by atoms with van der Waals surface area (Å²) in [6.07, 6.45) is 0. The molecule has 0 saturated heterocycles. The van der Waals surface area contributed by atoms with Crippen molar-refractivity contribution in [1.82, 2.24) is 5.32 Å². The Morgan fingerprint density at radius 2 is 2.07 bits per heavy atom. The number of carbonyl (C=O) groups is 1. The lowest BCUT2D eigenvalue weighted by Gasteiger charge is -2.07. The van der Waals surface area contributed by atoms with Crippen LogP contribution in [0.2, 0.25) is 0 Å². The minimum absolute atomic E-state index is 0.221.